The Bertz CT molecular complexity index is 364. The Morgan fingerprint density at radius 1 is 1.10 bits per heavy atom. The molecule has 0 saturated heterocycles. The lowest BCUT2D eigenvalue weighted by Gasteiger charge is -2.25. The van der Waals surface area contributed by atoms with E-state index in [0.717, 1.165) is 64.0 Å². The summed E-state index contributed by atoms with van der Waals surface area (Å²) in [4.78, 5) is 6.63. The third kappa shape index (κ3) is 7.29. The second kappa shape index (κ2) is 11.3. The van der Waals surface area contributed by atoms with E-state index in [1.807, 2.05) is 26.1 Å². The first-order valence-electron chi connectivity index (χ1n) is 7.92. The average Bonchev–Trinajstić information content (AvgIpc) is 2.52. The standard InChI is InChI=1S/C16H29N3O2/c1-4-8-17-16-14-15(7-9-18-16)19(10-12-20-5-2)11-13-21-6-3/h7,9,14H,4-6,8,10-13H2,1-3H3,(H,17,18). The fourth-order valence-electron chi connectivity index (χ4n) is 1.97. The zero-order chi connectivity index (χ0) is 15.3. The van der Waals surface area contributed by atoms with Crippen molar-refractivity contribution in [2.75, 3.05) is 56.3 Å². The highest BCUT2D eigenvalue weighted by Gasteiger charge is 2.07. The second-order valence-electron chi connectivity index (χ2n) is 4.71. The maximum atomic E-state index is 5.47. The van der Waals surface area contributed by atoms with E-state index < -0.39 is 0 Å². The van der Waals surface area contributed by atoms with Gasteiger partial charge in [0, 0.05) is 50.8 Å². The molecule has 1 N–H and O–H groups in total. The number of hydrogen-bond donors (Lipinski definition) is 1. The van der Waals surface area contributed by atoms with Crippen LogP contribution in [0.3, 0.4) is 0 Å². The normalized spacial score (nSPS) is 10.6. The van der Waals surface area contributed by atoms with Gasteiger partial charge in [-0.05, 0) is 26.3 Å². The molecule has 0 amide bonds. The van der Waals surface area contributed by atoms with Crippen LogP contribution in [0, 0.1) is 0 Å². The van der Waals surface area contributed by atoms with Gasteiger partial charge in [0.25, 0.3) is 0 Å². The van der Waals surface area contributed by atoms with Crippen molar-refractivity contribution in [1.82, 2.24) is 4.98 Å². The minimum Gasteiger partial charge on any atom is -0.380 e. The Morgan fingerprint density at radius 2 is 1.76 bits per heavy atom. The molecule has 1 aromatic heterocycles. The summed E-state index contributed by atoms with van der Waals surface area (Å²) in [5.41, 5.74) is 1.16. The molecule has 21 heavy (non-hydrogen) atoms. The van der Waals surface area contributed by atoms with Crippen LogP contribution in [0.4, 0.5) is 11.5 Å². The molecule has 1 heterocycles. The largest absolute Gasteiger partial charge is 0.380 e. The van der Waals surface area contributed by atoms with Crippen molar-refractivity contribution >= 4 is 11.5 Å². The average molecular weight is 295 g/mol. The van der Waals surface area contributed by atoms with Crippen molar-refractivity contribution < 1.29 is 9.47 Å². The highest BCUT2D eigenvalue weighted by atomic mass is 16.5. The van der Waals surface area contributed by atoms with Crippen LogP contribution in [0.2, 0.25) is 0 Å². The summed E-state index contributed by atoms with van der Waals surface area (Å²) in [6.45, 7) is 11.8. The molecule has 0 bridgehead atoms. The van der Waals surface area contributed by atoms with Gasteiger partial charge in [0.05, 0.1) is 13.2 Å². The molecule has 0 saturated carbocycles. The molecule has 120 valence electrons. The van der Waals surface area contributed by atoms with Crippen LogP contribution in [-0.2, 0) is 9.47 Å². The molecule has 0 radical (unpaired) electrons. The van der Waals surface area contributed by atoms with Crippen LogP contribution < -0.4 is 10.2 Å². The number of ether oxygens (including phenoxy) is 2. The number of nitrogens with one attached hydrogen (secondary N) is 1. The van der Waals surface area contributed by atoms with Gasteiger partial charge in [-0.25, -0.2) is 4.98 Å². The third-order valence-electron chi connectivity index (χ3n) is 3.08. The first-order chi connectivity index (χ1) is 10.3. The second-order valence-corrected chi connectivity index (χ2v) is 4.71. The van der Waals surface area contributed by atoms with Crippen molar-refractivity contribution in [2.45, 2.75) is 27.2 Å². The SMILES string of the molecule is CCCNc1cc(N(CCOCC)CCOCC)ccn1. The quantitative estimate of drug-likeness (QED) is 0.601. The van der Waals surface area contributed by atoms with Crippen LogP contribution >= 0.6 is 0 Å². The van der Waals surface area contributed by atoms with Gasteiger partial charge >= 0.3 is 0 Å². The Kier molecular flexibility index (Phi) is 9.57. The summed E-state index contributed by atoms with van der Waals surface area (Å²) in [6, 6.07) is 4.13. The van der Waals surface area contributed by atoms with Gasteiger partial charge in [-0.3, -0.25) is 0 Å². The van der Waals surface area contributed by atoms with E-state index in [1.54, 1.807) is 0 Å². The molecule has 0 unspecified atom stereocenters. The number of hydrogen-bond acceptors (Lipinski definition) is 5. The Balaban J connectivity index is 2.65. The fraction of sp³-hybridized carbons (Fsp3) is 0.688. The molecule has 0 atom stereocenters. The van der Waals surface area contributed by atoms with Crippen LogP contribution in [-0.4, -0.2) is 51.0 Å². The molecule has 0 fully saturated rings. The monoisotopic (exact) mass is 295 g/mol. The van der Waals surface area contributed by atoms with Crippen molar-refractivity contribution in [1.29, 1.82) is 0 Å². The first kappa shape index (κ1) is 17.7. The summed E-state index contributed by atoms with van der Waals surface area (Å²) in [5.74, 6) is 0.923. The smallest absolute Gasteiger partial charge is 0.127 e. The Hall–Kier alpha value is -1.33. The van der Waals surface area contributed by atoms with Gasteiger partial charge < -0.3 is 19.7 Å². The zero-order valence-corrected chi connectivity index (χ0v) is 13.6. The van der Waals surface area contributed by atoms with Gasteiger partial charge in [-0.1, -0.05) is 6.92 Å². The molecule has 5 nitrogen and oxygen atoms in total. The van der Waals surface area contributed by atoms with E-state index in [9.17, 15) is 0 Å². The molecule has 5 heteroatoms. The highest BCUT2D eigenvalue weighted by Crippen LogP contribution is 2.17. The predicted molar refractivity (Wildman–Crippen MR) is 88.2 cm³/mol. The third-order valence-corrected chi connectivity index (χ3v) is 3.08. The summed E-state index contributed by atoms with van der Waals surface area (Å²) < 4.78 is 10.9. The molecule has 0 aromatic carbocycles. The van der Waals surface area contributed by atoms with Crippen molar-refractivity contribution in [3.05, 3.63) is 18.3 Å². The minimum atomic E-state index is 0.725. The molecule has 0 aliphatic carbocycles. The van der Waals surface area contributed by atoms with E-state index >= 15 is 0 Å². The number of aromatic nitrogens is 1. The van der Waals surface area contributed by atoms with Crippen LogP contribution in [0.25, 0.3) is 0 Å². The molecule has 1 rings (SSSR count). The van der Waals surface area contributed by atoms with Gasteiger partial charge in [-0.2, -0.15) is 0 Å². The minimum absolute atomic E-state index is 0.725. The van der Waals surface area contributed by atoms with Crippen molar-refractivity contribution in [3.8, 4) is 0 Å². The summed E-state index contributed by atoms with van der Waals surface area (Å²) >= 11 is 0. The molecule has 0 aliphatic rings. The van der Waals surface area contributed by atoms with Crippen molar-refractivity contribution in [3.63, 3.8) is 0 Å². The van der Waals surface area contributed by atoms with E-state index in [2.05, 4.69) is 28.2 Å². The lowest BCUT2D eigenvalue weighted by Crippen LogP contribution is -2.31. The maximum Gasteiger partial charge on any atom is 0.127 e. The molecule has 0 aliphatic heterocycles. The lowest BCUT2D eigenvalue weighted by atomic mass is 10.3. The topological polar surface area (TPSA) is 46.6 Å². The maximum absolute atomic E-state index is 5.47. The van der Waals surface area contributed by atoms with E-state index in [1.165, 1.54) is 0 Å². The van der Waals surface area contributed by atoms with Gasteiger partial charge in [0.1, 0.15) is 5.82 Å². The summed E-state index contributed by atoms with van der Waals surface area (Å²) in [7, 11) is 0. The van der Waals surface area contributed by atoms with Crippen LogP contribution in [0.5, 0.6) is 0 Å². The summed E-state index contributed by atoms with van der Waals surface area (Å²) in [6.07, 6.45) is 2.94. The number of rotatable bonds is 12. The predicted octanol–water partition coefficient (Wildman–Crippen LogP) is 2.78. The fourth-order valence-corrected chi connectivity index (χ4v) is 1.97. The van der Waals surface area contributed by atoms with Crippen LogP contribution in [0.15, 0.2) is 18.3 Å². The molecule has 1 aromatic rings. The number of nitrogens with zero attached hydrogens (tertiary/aromatic N) is 2. The van der Waals surface area contributed by atoms with Crippen molar-refractivity contribution in [2.24, 2.45) is 0 Å². The van der Waals surface area contributed by atoms with Gasteiger partial charge in [-0.15, -0.1) is 0 Å². The van der Waals surface area contributed by atoms with Gasteiger partial charge in [0.15, 0.2) is 0 Å². The van der Waals surface area contributed by atoms with Crippen LogP contribution in [0.1, 0.15) is 27.2 Å². The molecule has 0 spiro atoms. The number of pyridine rings is 1. The zero-order valence-electron chi connectivity index (χ0n) is 13.6. The molecular formula is C16H29N3O2. The lowest BCUT2D eigenvalue weighted by molar-refractivity contribution is 0.141. The highest BCUT2D eigenvalue weighted by molar-refractivity contribution is 5.53. The first-order valence-corrected chi connectivity index (χ1v) is 7.92. The summed E-state index contributed by atoms with van der Waals surface area (Å²) in [5, 5.41) is 3.32. The molecular weight excluding hydrogens is 266 g/mol. The Morgan fingerprint density at radius 3 is 2.33 bits per heavy atom. The van der Waals surface area contributed by atoms with E-state index in [0.29, 0.717) is 0 Å². The number of anilines is 2. The Labute approximate surface area is 128 Å². The van der Waals surface area contributed by atoms with E-state index in [4.69, 9.17) is 9.47 Å². The van der Waals surface area contributed by atoms with E-state index in [-0.39, 0.29) is 0 Å². The van der Waals surface area contributed by atoms with Gasteiger partial charge in [0.2, 0.25) is 0 Å².